The van der Waals surface area contributed by atoms with Crippen molar-refractivity contribution in [1.82, 2.24) is 5.43 Å². The summed E-state index contributed by atoms with van der Waals surface area (Å²) in [5.41, 5.74) is 9.61. The molecule has 5 nitrogen and oxygen atoms in total. The first-order chi connectivity index (χ1) is 8.31. The van der Waals surface area contributed by atoms with Crippen molar-refractivity contribution >= 4 is 5.91 Å². The van der Waals surface area contributed by atoms with Gasteiger partial charge in [-0.05, 0) is 23.1 Å². The lowest BCUT2D eigenvalue weighted by Crippen LogP contribution is -2.38. The number of nitrogens with two attached hydrogens (primary N) is 2. The molecule has 1 aromatic carbocycles. The molecule has 0 fully saturated rings. The zero-order valence-electron chi connectivity index (χ0n) is 11.3. The number of amides is 1. The largest absolute Gasteiger partial charge is 0.496 e. The minimum absolute atomic E-state index is 0.0278. The Bertz CT molecular complexity index is 438. The van der Waals surface area contributed by atoms with Gasteiger partial charge in [-0.25, -0.2) is 5.84 Å². The second kappa shape index (κ2) is 5.37. The number of benzene rings is 1. The highest BCUT2D eigenvalue weighted by Crippen LogP contribution is 2.30. The van der Waals surface area contributed by atoms with Crippen LogP contribution < -0.4 is 21.7 Å². The van der Waals surface area contributed by atoms with Crippen LogP contribution in [0.4, 0.5) is 0 Å². The van der Waals surface area contributed by atoms with Crippen molar-refractivity contribution in [2.75, 3.05) is 7.11 Å². The van der Waals surface area contributed by atoms with Crippen molar-refractivity contribution in [2.24, 2.45) is 11.6 Å². The number of carbonyl (C=O) groups excluding carboxylic acids is 1. The lowest BCUT2D eigenvalue weighted by Gasteiger charge is -2.22. The van der Waals surface area contributed by atoms with Gasteiger partial charge in [0.25, 0.3) is 5.91 Å². The van der Waals surface area contributed by atoms with Gasteiger partial charge >= 0.3 is 0 Å². The Kier molecular flexibility index (Phi) is 4.32. The monoisotopic (exact) mass is 251 g/mol. The van der Waals surface area contributed by atoms with Crippen LogP contribution in [0.2, 0.25) is 0 Å². The highest BCUT2D eigenvalue weighted by molar-refractivity contribution is 5.83. The Morgan fingerprint density at radius 1 is 1.39 bits per heavy atom. The van der Waals surface area contributed by atoms with Gasteiger partial charge < -0.3 is 10.5 Å². The third-order valence-electron chi connectivity index (χ3n) is 2.86. The molecule has 5 N–H and O–H groups in total. The van der Waals surface area contributed by atoms with Gasteiger partial charge in [0.1, 0.15) is 11.8 Å². The van der Waals surface area contributed by atoms with Crippen LogP contribution in [-0.2, 0) is 10.2 Å². The summed E-state index contributed by atoms with van der Waals surface area (Å²) in [7, 11) is 1.54. The molecule has 0 saturated carbocycles. The number of hydrogen-bond donors (Lipinski definition) is 3. The van der Waals surface area contributed by atoms with Gasteiger partial charge in [0, 0.05) is 5.56 Å². The minimum atomic E-state index is -0.841. The maximum absolute atomic E-state index is 11.5. The van der Waals surface area contributed by atoms with Crippen LogP contribution in [0, 0.1) is 0 Å². The predicted molar refractivity (Wildman–Crippen MR) is 71.0 cm³/mol. The van der Waals surface area contributed by atoms with Gasteiger partial charge in [-0.1, -0.05) is 26.8 Å². The van der Waals surface area contributed by atoms with E-state index in [1.165, 1.54) is 0 Å². The molecule has 1 amide bonds. The number of rotatable bonds is 3. The van der Waals surface area contributed by atoms with Crippen LogP contribution in [0.15, 0.2) is 18.2 Å². The second-order valence-electron chi connectivity index (χ2n) is 5.19. The third kappa shape index (κ3) is 3.00. The number of methoxy groups -OCH3 is 1. The highest BCUT2D eigenvalue weighted by Gasteiger charge is 2.22. The van der Waals surface area contributed by atoms with E-state index in [4.69, 9.17) is 16.3 Å². The first-order valence-corrected chi connectivity index (χ1v) is 5.75. The van der Waals surface area contributed by atoms with Crippen molar-refractivity contribution in [3.8, 4) is 5.75 Å². The smallest absolute Gasteiger partial charge is 0.255 e. The highest BCUT2D eigenvalue weighted by atomic mass is 16.5. The number of nitrogens with one attached hydrogen (secondary N) is 1. The zero-order valence-corrected chi connectivity index (χ0v) is 11.3. The van der Waals surface area contributed by atoms with E-state index in [0.717, 1.165) is 5.56 Å². The molecular formula is C13H21N3O2. The van der Waals surface area contributed by atoms with Gasteiger partial charge in [0.2, 0.25) is 0 Å². The molecule has 1 atom stereocenters. The molecule has 1 unspecified atom stereocenters. The Morgan fingerprint density at radius 2 is 2.00 bits per heavy atom. The number of carbonyl (C=O) groups is 1. The van der Waals surface area contributed by atoms with E-state index in [-0.39, 0.29) is 5.41 Å². The second-order valence-corrected chi connectivity index (χ2v) is 5.19. The van der Waals surface area contributed by atoms with Crippen LogP contribution in [0.3, 0.4) is 0 Å². The van der Waals surface area contributed by atoms with E-state index in [1.807, 2.05) is 18.2 Å². The topological polar surface area (TPSA) is 90.4 Å². The van der Waals surface area contributed by atoms with Gasteiger partial charge in [-0.15, -0.1) is 0 Å². The average Bonchev–Trinajstić information content (AvgIpc) is 2.35. The first-order valence-electron chi connectivity index (χ1n) is 5.75. The summed E-state index contributed by atoms with van der Waals surface area (Å²) in [5, 5.41) is 0. The Hall–Kier alpha value is -1.59. The van der Waals surface area contributed by atoms with E-state index in [9.17, 15) is 4.79 Å². The molecule has 1 aromatic rings. The van der Waals surface area contributed by atoms with Crippen LogP contribution in [0.25, 0.3) is 0 Å². The summed E-state index contributed by atoms with van der Waals surface area (Å²) in [4.78, 5) is 11.5. The molecule has 0 aliphatic heterocycles. The Labute approximate surface area is 107 Å². The number of hydrazine groups is 1. The molecule has 1 rings (SSSR count). The fourth-order valence-corrected chi connectivity index (χ4v) is 1.67. The summed E-state index contributed by atoms with van der Waals surface area (Å²) in [6.45, 7) is 6.27. The van der Waals surface area contributed by atoms with Gasteiger partial charge in [0.15, 0.2) is 0 Å². The molecule has 0 aliphatic rings. The molecule has 5 heteroatoms. The van der Waals surface area contributed by atoms with Crippen LogP contribution >= 0.6 is 0 Å². The first kappa shape index (κ1) is 14.5. The van der Waals surface area contributed by atoms with Crippen molar-refractivity contribution in [2.45, 2.75) is 32.2 Å². The lowest BCUT2D eigenvalue weighted by molar-refractivity contribution is -0.122. The van der Waals surface area contributed by atoms with Crippen molar-refractivity contribution in [3.63, 3.8) is 0 Å². The summed E-state index contributed by atoms with van der Waals surface area (Å²) in [5.74, 6) is 5.24. The van der Waals surface area contributed by atoms with E-state index >= 15 is 0 Å². The predicted octanol–water partition coefficient (Wildman–Crippen LogP) is 0.982. The lowest BCUT2D eigenvalue weighted by atomic mass is 9.85. The van der Waals surface area contributed by atoms with E-state index in [0.29, 0.717) is 11.3 Å². The SMILES string of the molecule is COc1ccc(C(C)(C)C)cc1C(N)C(=O)NN. The molecule has 0 aromatic heterocycles. The minimum Gasteiger partial charge on any atom is -0.496 e. The summed E-state index contributed by atoms with van der Waals surface area (Å²) in [6, 6.07) is 4.83. The molecule has 18 heavy (non-hydrogen) atoms. The molecule has 0 bridgehead atoms. The van der Waals surface area contributed by atoms with E-state index < -0.39 is 11.9 Å². The van der Waals surface area contributed by atoms with Gasteiger partial charge in [-0.2, -0.15) is 0 Å². The van der Waals surface area contributed by atoms with Crippen molar-refractivity contribution in [1.29, 1.82) is 0 Å². The summed E-state index contributed by atoms with van der Waals surface area (Å²) in [6.07, 6.45) is 0. The van der Waals surface area contributed by atoms with Gasteiger partial charge in [-0.3, -0.25) is 10.2 Å². The average molecular weight is 251 g/mol. The van der Waals surface area contributed by atoms with Gasteiger partial charge in [0.05, 0.1) is 7.11 Å². The Morgan fingerprint density at radius 3 is 2.44 bits per heavy atom. The Balaban J connectivity index is 3.26. The standard InChI is InChI=1S/C13H21N3O2/c1-13(2,3)8-5-6-10(18-4)9(7-8)11(14)12(17)16-15/h5-7,11H,14-15H2,1-4H3,(H,16,17). The third-order valence-corrected chi connectivity index (χ3v) is 2.86. The molecule has 0 aliphatic carbocycles. The summed E-state index contributed by atoms with van der Waals surface area (Å²) >= 11 is 0. The molecule has 0 radical (unpaired) electrons. The molecule has 0 saturated heterocycles. The maximum Gasteiger partial charge on any atom is 0.255 e. The van der Waals surface area contributed by atoms with Crippen LogP contribution in [0.1, 0.15) is 37.9 Å². The van der Waals surface area contributed by atoms with E-state index in [1.54, 1.807) is 7.11 Å². The molecule has 0 heterocycles. The fourth-order valence-electron chi connectivity index (χ4n) is 1.67. The summed E-state index contributed by atoms with van der Waals surface area (Å²) < 4.78 is 5.23. The molecule has 0 spiro atoms. The zero-order chi connectivity index (χ0) is 13.9. The number of ether oxygens (including phenoxy) is 1. The molecular weight excluding hydrogens is 230 g/mol. The molecule has 100 valence electrons. The van der Waals surface area contributed by atoms with Crippen LogP contribution in [0.5, 0.6) is 5.75 Å². The van der Waals surface area contributed by atoms with Crippen molar-refractivity contribution < 1.29 is 9.53 Å². The van der Waals surface area contributed by atoms with Crippen LogP contribution in [-0.4, -0.2) is 13.0 Å². The van der Waals surface area contributed by atoms with E-state index in [2.05, 4.69) is 26.2 Å². The normalized spacial score (nSPS) is 13.0. The van der Waals surface area contributed by atoms with Crippen molar-refractivity contribution in [3.05, 3.63) is 29.3 Å². The maximum atomic E-state index is 11.5. The fraction of sp³-hybridized carbons (Fsp3) is 0.462. The number of hydrogen-bond acceptors (Lipinski definition) is 4. The quantitative estimate of drug-likeness (QED) is 0.424.